The van der Waals surface area contributed by atoms with Crippen molar-refractivity contribution in [2.75, 3.05) is 20.1 Å². The van der Waals surface area contributed by atoms with Gasteiger partial charge in [-0.25, -0.2) is 4.98 Å². The SMILES string of the molecule is C[C@@H](OC1C=C(n2cnc3ccccc32)C=C(C(N)=O)C1=S)c1cccc(OC2CCN(C)CC2)c1Cl. The predicted molar refractivity (Wildman–Crippen MR) is 150 cm³/mol. The summed E-state index contributed by atoms with van der Waals surface area (Å²) in [5.41, 5.74) is 9.16. The number of aromatic nitrogens is 2. The van der Waals surface area contributed by atoms with Gasteiger partial charge in [0.15, 0.2) is 0 Å². The van der Waals surface area contributed by atoms with Crippen molar-refractivity contribution >= 4 is 51.3 Å². The van der Waals surface area contributed by atoms with Crippen molar-refractivity contribution in [1.82, 2.24) is 14.5 Å². The molecule has 0 radical (unpaired) electrons. The van der Waals surface area contributed by atoms with Gasteiger partial charge < -0.3 is 20.1 Å². The number of benzene rings is 2. The number of allylic oxidation sites excluding steroid dienone is 2. The molecular weight excluding hydrogens is 508 g/mol. The van der Waals surface area contributed by atoms with E-state index in [1.807, 2.05) is 60.0 Å². The summed E-state index contributed by atoms with van der Waals surface area (Å²) in [4.78, 5) is 19.4. The largest absolute Gasteiger partial charge is 0.489 e. The van der Waals surface area contributed by atoms with Crippen LogP contribution >= 0.6 is 23.8 Å². The second kappa shape index (κ2) is 10.8. The van der Waals surface area contributed by atoms with E-state index >= 15 is 0 Å². The Morgan fingerprint density at radius 3 is 2.70 bits per heavy atom. The Hall–Kier alpha value is -3.04. The highest BCUT2D eigenvalue weighted by Gasteiger charge is 2.29. The highest BCUT2D eigenvalue weighted by atomic mass is 35.5. The topological polar surface area (TPSA) is 82.6 Å². The number of carbonyl (C=O) groups is 1. The van der Waals surface area contributed by atoms with Gasteiger partial charge in [0.1, 0.15) is 24.3 Å². The van der Waals surface area contributed by atoms with E-state index in [4.69, 9.17) is 39.0 Å². The van der Waals surface area contributed by atoms with E-state index in [1.54, 1.807) is 12.4 Å². The molecule has 37 heavy (non-hydrogen) atoms. The average Bonchev–Trinajstić information content (AvgIpc) is 3.32. The van der Waals surface area contributed by atoms with Crippen molar-refractivity contribution in [2.45, 2.75) is 38.1 Å². The van der Waals surface area contributed by atoms with Crippen LogP contribution in [-0.2, 0) is 9.53 Å². The zero-order valence-electron chi connectivity index (χ0n) is 20.8. The van der Waals surface area contributed by atoms with Gasteiger partial charge in [0, 0.05) is 24.4 Å². The molecular formula is C28H29ClN4O3S. The van der Waals surface area contributed by atoms with Gasteiger partial charge in [0.25, 0.3) is 0 Å². The minimum absolute atomic E-state index is 0.129. The number of para-hydroxylation sites is 2. The van der Waals surface area contributed by atoms with Crippen LogP contribution in [0.15, 0.2) is 66.5 Å². The van der Waals surface area contributed by atoms with E-state index in [0.29, 0.717) is 21.3 Å². The summed E-state index contributed by atoms with van der Waals surface area (Å²) in [5.74, 6) is 0.0436. The van der Waals surface area contributed by atoms with E-state index in [-0.39, 0.29) is 11.7 Å². The van der Waals surface area contributed by atoms with Crippen LogP contribution in [0.4, 0.5) is 0 Å². The van der Waals surface area contributed by atoms with Gasteiger partial charge in [0.2, 0.25) is 5.91 Å². The number of amides is 1. The van der Waals surface area contributed by atoms with Crippen molar-refractivity contribution < 1.29 is 14.3 Å². The van der Waals surface area contributed by atoms with E-state index < -0.39 is 18.1 Å². The number of ether oxygens (including phenoxy) is 2. The molecule has 1 aliphatic heterocycles. The molecule has 5 rings (SSSR count). The number of hydrogen-bond acceptors (Lipinski definition) is 6. The number of carbonyl (C=O) groups excluding carboxylic acids is 1. The molecule has 1 unspecified atom stereocenters. The fourth-order valence-corrected chi connectivity index (χ4v) is 5.38. The number of halogens is 1. The molecule has 3 aromatic rings. The quantitative estimate of drug-likeness (QED) is 0.430. The first-order chi connectivity index (χ1) is 17.8. The Balaban J connectivity index is 1.40. The monoisotopic (exact) mass is 536 g/mol. The summed E-state index contributed by atoms with van der Waals surface area (Å²) in [6.45, 7) is 3.90. The number of likely N-dealkylation sites (tertiary alicyclic amines) is 1. The van der Waals surface area contributed by atoms with Crippen LogP contribution < -0.4 is 10.5 Å². The molecule has 7 nitrogen and oxygen atoms in total. The Morgan fingerprint density at radius 2 is 1.95 bits per heavy atom. The second-order valence-electron chi connectivity index (χ2n) is 9.46. The molecule has 0 spiro atoms. The van der Waals surface area contributed by atoms with Gasteiger partial charge in [-0.05, 0) is 57.2 Å². The fourth-order valence-electron chi connectivity index (χ4n) is 4.77. The lowest BCUT2D eigenvalue weighted by atomic mass is 9.98. The van der Waals surface area contributed by atoms with Gasteiger partial charge in [-0.15, -0.1) is 0 Å². The Bertz CT molecular complexity index is 1410. The van der Waals surface area contributed by atoms with Crippen LogP contribution in [0, 0.1) is 0 Å². The lowest BCUT2D eigenvalue weighted by molar-refractivity contribution is -0.114. The van der Waals surface area contributed by atoms with Gasteiger partial charge in [-0.3, -0.25) is 9.36 Å². The second-order valence-corrected chi connectivity index (χ2v) is 10.3. The third-order valence-electron chi connectivity index (χ3n) is 6.88. The maximum absolute atomic E-state index is 12.3. The van der Waals surface area contributed by atoms with E-state index in [9.17, 15) is 4.79 Å². The molecule has 0 bridgehead atoms. The standard InChI is InChI=1S/C28H29ClN4O3S/c1-17(20-6-5-9-24(26(20)29)36-19-10-12-32(2)13-11-19)35-25-15-18(14-21(27(25)37)28(30)34)33-16-31-22-7-3-4-8-23(22)33/h3-9,14-17,19,25H,10-13H2,1-2H3,(H2,30,34)/t17-,25?/m1/s1. The van der Waals surface area contributed by atoms with Crippen LogP contribution in [0.3, 0.4) is 0 Å². The zero-order chi connectivity index (χ0) is 26.1. The first kappa shape index (κ1) is 25.6. The molecule has 2 aliphatic rings. The van der Waals surface area contributed by atoms with E-state index in [2.05, 4.69) is 16.9 Å². The minimum atomic E-state index is -0.664. The highest BCUT2D eigenvalue weighted by Crippen LogP contribution is 2.36. The summed E-state index contributed by atoms with van der Waals surface area (Å²) in [6, 6.07) is 13.5. The normalized spacial score (nSPS) is 20.0. The maximum atomic E-state index is 12.3. The smallest absolute Gasteiger partial charge is 0.250 e. The Morgan fingerprint density at radius 1 is 1.19 bits per heavy atom. The van der Waals surface area contributed by atoms with Gasteiger partial charge in [-0.1, -0.05) is 48.1 Å². The van der Waals surface area contributed by atoms with Gasteiger partial charge in [0.05, 0.1) is 32.6 Å². The van der Waals surface area contributed by atoms with Gasteiger partial charge >= 0.3 is 0 Å². The summed E-state index contributed by atoms with van der Waals surface area (Å²) in [7, 11) is 2.12. The van der Waals surface area contributed by atoms with Crippen molar-refractivity contribution in [3.8, 4) is 5.75 Å². The summed E-state index contributed by atoms with van der Waals surface area (Å²) >= 11 is 12.4. The molecule has 1 amide bonds. The summed E-state index contributed by atoms with van der Waals surface area (Å²) in [6.07, 6.45) is 6.23. The average molecular weight is 537 g/mol. The molecule has 1 aromatic heterocycles. The first-order valence-corrected chi connectivity index (χ1v) is 13.1. The summed E-state index contributed by atoms with van der Waals surface area (Å²) in [5, 5.41) is 0.520. The molecule has 1 saturated heterocycles. The van der Waals surface area contributed by atoms with Crippen LogP contribution in [0.25, 0.3) is 16.7 Å². The first-order valence-electron chi connectivity index (χ1n) is 12.3. The van der Waals surface area contributed by atoms with Crippen LogP contribution in [-0.4, -0.2) is 57.6 Å². The van der Waals surface area contributed by atoms with Crippen molar-refractivity contribution in [3.05, 3.63) is 77.1 Å². The van der Waals surface area contributed by atoms with Crippen LogP contribution in [0.1, 0.15) is 31.4 Å². The van der Waals surface area contributed by atoms with Crippen LogP contribution in [0.5, 0.6) is 5.75 Å². The number of imidazole rings is 1. The zero-order valence-corrected chi connectivity index (χ0v) is 22.3. The molecule has 192 valence electrons. The van der Waals surface area contributed by atoms with E-state index in [0.717, 1.165) is 42.5 Å². The number of fused-ring (bicyclic) bond motifs is 1. The number of piperidine rings is 1. The molecule has 1 fully saturated rings. The lowest BCUT2D eigenvalue weighted by Gasteiger charge is -2.30. The third-order valence-corrected chi connectivity index (χ3v) is 7.73. The molecule has 2 heterocycles. The van der Waals surface area contributed by atoms with Crippen LogP contribution in [0.2, 0.25) is 5.02 Å². The van der Waals surface area contributed by atoms with Crippen molar-refractivity contribution in [1.29, 1.82) is 0 Å². The van der Waals surface area contributed by atoms with Gasteiger partial charge in [-0.2, -0.15) is 0 Å². The highest BCUT2D eigenvalue weighted by molar-refractivity contribution is 7.81. The molecule has 2 atom stereocenters. The Kier molecular flexibility index (Phi) is 7.44. The lowest BCUT2D eigenvalue weighted by Crippen LogP contribution is -2.35. The van der Waals surface area contributed by atoms with Crippen molar-refractivity contribution in [2.24, 2.45) is 5.73 Å². The molecule has 0 saturated carbocycles. The third kappa shape index (κ3) is 5.33. The number of primary amides is 1. The number of rotatable bonds is 7. The number of thiocarbonyl (C=S) groups is 1. The number of nitrogens with zero attached hydrogens (tertiary/aromatic N) is 3. The Labute approximate surface area is 226 Å². The molecule has 2 N–H and O–H groups in total. The number of hydrogen-bond donors (Lipinski definition) is 1. The maximum Gasteiger partial charge on any atom is 0.250 e. The molecule has 2 aromatic carbocycles. The van der Waals surface area contributed by atoms with E-state index in [1.165, 1.54) is 0 Å². The minimum Gasteiger partial charge on any atom is -0.489 e. The molecule has 1 aliphatic carbocycles. The molecule has 9 heteroatoms. The summed E-state index contributed by atoms with van der Waals surface area (Å²) < 4.78 is 14.6. The predicted octanol–water partition coefficient (Wildman–Crippen LogP) is 4.95. The van der Waals surface area contributed by atoms with Crippen molar-refractivity contribution in [3.63, 3.8) is 0 Å². The fraction of sp³-hybridized carbons (Fsp3) is 0.321. The number of nitrogens with two attached hydrogens (primary N) is 1.